The molecule has 0 fully saturated rings. The number of amides is 1. The third-order valence-corrected chi connectivity index (χ3v) is 6.35. The van der Waals surface area contributed by atoms with E-state index in [1.807, 2.05) is 4.72 Å². The van der Waals surface area contributed by atoms with Gasteiger partial charge < -0.3 is 9.47 Å². The lowest BCUT2D eigenvalue weighted by molar-refractivity contribution is 0.0982. The first-order valence-electron chi connectivity index (χ1n) is 13.3. The van der Waals surface area contributed by atoms with Crippen LogP contribution in [0.1, 0.15) is 60.4 Å². The molecule has 7 nitrogen and oxygen atoms in total. The largest absolute Gasteiger partial charge is 0.494 e. The van der Waals surface area contributed by atoms with Crippen LogP contribution in [0.25, 0.3) is 11.3 Å². The summed E-state index contributed by atoms with van der Waals surface area (Å²) >= 11 is 0. The first kappa shape index (κ1) is 19.7. The van der Waals surface area contributed by atoms with E-state index in [0.29, 0.717) is 11.6 Å². The van der Waals surface area contributed by atoms with Crippen LogP contribution >= 0.6 is 0 Å². The summed E-state index contributed by atoms with van der Waals surface area (Å²) in [6, 6.07) is 9.26. The van der Waals surface area contributed by atoms with Gasteiger partial charge in [-0.15, -0.1) is 0 Å². The number of nitrogens with one attached hydrogen (secondary N) is 1. The predicted octanol–water partition coefficient (Wildman–Crippen LogP) is 5.11. The molecule has 0 saturated heterocycles. The fourth-order valence-electron chi connectivity index (χ4n) is 3.33. The van der Waals surface area contributed by atoms with Gasteiger partial charge in [0.15, 0.2) is 5.82 Å². The third-order valence-electron chi connectivity index (χ3n) is 5.14. The number of methoxy groups -OCH3 is 2. The van der Waals surface area contributed by atoms with Gasteiger partial charge in [-0.1, -0.05) is 35.9 Å². The second-order valence-electron chi connectivity index (χ2n) is 7.66. The molecule has 0 radical (unpaired) electrons. The van der Waals surface area contributed by atoms with Crippen LogP contribution in [0.2, 0.25) is 0 Å². The second kappa shape index (κ2) is 11.1. The average molecular weight is 529 g/mol. The average Bonchev–Trinajstić information content (AvgIpc) is 2.86. The Kier molecular flexibility index (Phi) is 6.07. The Bertz CT molecular complexity index is 1570. The van der Waals surface area contributed by atoms with E-state index in [-0.39, 0.29) is 16.7 Å². The van der Waals surface area contributed by atoms with Crippen molar-refractivity contribution < 1.29 is 44.1 Å². The van der Waals surface area contributed by atoms with Gasteiger partial charge in [-0.3, -0.25) is 4.79 Å². The minimum atomic E-state index is -4.39. The second-order valence-corrected chi connectivity index (χ2v) is 9.38. The van der Waals surface area contributed by atoms with Crippen molar-refractivity contribution in [3.05, 3.63) is 82.3 Å². The monoisotopic (exact) mass is 528 g/mol. The summed E-state index contributed by atoms with van der Waals surface area (Å²) in [4.78, 5) is 16.8. The lowest BCUT2D eigenvalue weighted by Crippen LogP contribution is -2.32. The van der Waals surface area contributed by atoms with Crippen molar-refractivity contribution in [1.29, 1.82) is 0 Å². The number of rotatable bonds is 9. The molecule has 192 valence electrons. The molecule has 0 aliphatic carbocycles. The number of ether oxygens (including phenoxy) is 2. The van der Waals surface area contributed by atoms with E-state index >= 15 is 0 Å². The number of pyridine rings is 1. The fraction of sp³-hybridized carbons (Fsp3) is 0.280. The van der Waals surface area contributed by atoms with Crippen LogP contribution in [-0.4, -0.2) is 33.5 Å². The molecule has 1 atom stereocenters. The minimum Gasteiger partial charge on any atom is -0.494 e. The van der Waals surface area contributed by atoms with Crippen LogP contribution < -0.4 is 9.46 Å². The van der Waals surface area contributed by atoms with Gasteiger partial charge in [-0.2, -0.15) is 0 Å². The van der Waals surface area contributed by atoms with Crippen molar-refractivity contribution in [1.82, 2.24) is 9.71 Å². The molecule has 0 bridgehead atoms. The first-order chi connectivity index (χ1) is 19.3. The summed E-state index contributed by atoms with van der Waals surface area (Å²) in [6.07, 6.45) is -4.19. The molecule has 1 aromatic heterocycles. The maximum atomic E-state index is 14.2. The Hall–Kier alpha value is -3.44. The molecule has 3 rings (SSSR count). The van der Waals surface area contributed by atoms with Crippen LogP contribution in [0.5, 0.6) is 5.75 Å². The Morgan fingerprint density at radius 2 is 1.89 bits per heavy atom. The summed E-state index contributed by atoms with van der Waals surface area (Å²) in [5, 5.41) is 0. The zero-order valence-corrected chi connectivity index (χ0v) is 19.8. The molecule has 2 aromatic carbocycles. The van der Waals surface area contributed by atoms with Gasteiger partial charge in [0.25, 0.3) is 12.3 Å². The molecule has 0 saturated carbocycles. The molecular weight excluding hydrogens is 497 g/mol. The zero-order valence-electron chi connectivity index (χ0n) is 25.0. The van der Waals surface area contributed by atoms with Gasteiger partial charge in [0.2, 0.25) is 10.0 Å². The van der Waals surface area contributed by atoms with E-state index in [1.165, 1.54) is 31.2 Å². The molecule has 1 amide bonds. The van der Waals surface area contributed by atoms with Crippen molar-refractivity contribution in [2.24, 2.45) is 0 Å². The van der Waals surface area contributed by atoms with E-state index in [4.69, 9.17) is 17.7 Å². The number of halogens is 3. The Balaban J connectivity index is 1.97. The van der Waals surface area contributed by atoms with Crippen LogP contribution in [0, 0.1) is 12.7 Å². The normalized spacial score (nSPS) is 15.6. The standard InChI is InChI=1S/C25H25F3N2O5S/c1-14-5-10-18(19(11-14)22-21(35-4)12-20(26)23(29-22)24(27)28)25(31)30-36(32,33)13-16-6-8-17(9-7-16)15(2)34-3/h5-12,15,24H,13H2,1-4H3,(H,30,31)/t15-/m0/s1/i1D3,3D3. The summed E-state index contributed by atoms with van der Waals surface area (Å²) < 4.78 is 123. The van der Waals surface area contributed by atoms with Crippen molar-refractivity contribution >= 4 is 15.9 Å². The molecule has 0 unspecified atom stereocenters. The topological polar surface area (TPSA) is 94.6 Å². The fourth-order valence-corrected chi connectivity index (χ4v) is 4.43. The molecule has 0 aliphatic rings. The van der Waals surface area contributed by atoms with Gasteiger partial charge in [0, 0.05) is 28.3 Å². The zero-order chi connectivity index (χ0) is 31.6. The minimum absolute atomic E-state index is 0.224. The highest BCUT2D eigenvalue weighted by molar-refractivity contribution is 7.89. The number of carbonyl (C=O) groups is 1. The molecule has 0 aliphatic heterocycles. The smallest absolute Gasteiger partial charge is 0.283 e. The number of aryl methyl sites for hydroxylation is 1. The number of alkyl halides is 2. The van der Waals surface area contributed by atoms with Crippen LogP contribution in [0.3, 0.4) is 0 Å². The molecule has 1 heterocycles. The molecule has 1 N–H and O–H groups in total. The molecule has 36 heavy (non-hydrogen) atoms. The summed E-state index contributed by atoms with van der Waals surface area (Å²) in [5.74, 6) is -3.75. The van der Waals surface area contributed by atoms with Gasteiger partial charge in [-0.25, -0.2) is 31.3 Å². The van der Waals surface area contributed by atoms with Crippen molar-refractivity contribution in [3.63, 3.8) is 0 Å². The van der Waals surface area contributed by atoms with Gasteiger partial charge in [0.1, 0.15) is 17.1 Å². The van der Waals surface area contributed by atoms with Crippen LogP contribution in [0.15, 0.2) is 48.5 Å². The van der Waals surface area contributed by atoms with Crippen LogP contribution in [0.4, 0.5) is 13.2 Å². The van der Waals surface area contributed by atoms with E-state index < -0.39 is 76.6 Å². The number of carbonyl (C=O) groups excluding carboxylic acids is 1. The number of benzene rings is 2. The Morgan fingerprint density at radius 3 is 2.50 bits per heavy atom. The maximum absolute atomic E-state index is 14.2. The predicted molar refractivity (Wildman–Crippen MR) is 128 cm³/mol. The first-order valence-corrected chi connectivity index (χ1v) is 12.0. The highest BCUT2D eigenvalue weighted by atomic mass is 32.2. The third kappa shape index (κ3) is 6.21. The highest BCUT2D eigenvalue weighted by Gasteiger charge is 2.25. The molecular formula is C25H25F3N2O5S. The lowest BCUT2D eigenvalue weighted by Gasteiger charge is -2.15. The Morgan fingerprint density at radius 1 is 1.17 bits per heavy atom. The van der Waals surface area contributed by atoms with Crippen molar-refractivity contribution in [2.45, 2.75) is 32.1 Å². The van der Waals surface area contributed by atoms with Crippen molar-refractivity contribution in [3.8, 4) is 17.0 Å². The summed E-state index contributed by atoms with van der Waals surface area (Å²) in [5.41, 5.74) is -2.29. The van der Waals surface area contributed by atoms with E-state index in [2.05, 4.69) is 4.98 Å². The molecule has 3 aromatic rings. The summed E-state index contributed by atoms with van der Waals surface area (Å²) in [7, 11) is -5.96. The molecule has 0 spiro atoms. The number of aromatic nitrogens is 1. The van der Waals surface area contributed by atoms with Gasteiger partial charge in [-0.05, 0) is 37.0 Å². The van der Waals surface area contributed by atoms with E-state index in [0.717, 1.165) is 25.3 Å². The van der Waals surface area contributed by atoms with Crippen LogP contribution in [-0.2, 0) is 20.5 Å². The van der Waals surface area contributed by atoms with Gasteiger partial charge in [0.05, 0.1) is 23.1 Å². The molecule has 11 heteroatoms. The van der Waals surface area contributed by atoms with E-state index in [9.17, 15) is 26.4 Å². The number of nitrogens with zero attached hydrogens (tertiary/aromatic N) is 1. The highest BCUT2D eigenvalue weighted by Crippen LogP contribution is 2.35. The quantitative estimate of drug-likeness (QED) is 0.415. The summed E-state index contributed by atoms with van der Waals surface area (Å²) in [6.45, 7) is -1.21. The number of hydrogen-bond donors (Lipinski definition) is 1. The number of sulfonamides is 1. The number of hydrogen-bond acceptors (Lipinski definition) is 6. The maximum Gasteiger partial charge on any atom is 0.283 e. The lowest BCUT2D eigenvalue weighted by atomic mass is 10.00. The Labute approximate surface area is 215 Å². The van der Waals surface area contributed by atoms with Crippen molar-refractivity contribution in [2.75, 3.05) is 14.1 Å². The SMILES string of the molecule is [2H]C([2H])([2H])O[C@@H](C)c1ccc(CS(=O)(=O)NC(=O)c2ccc(C([2H])([2H])[2H])cc2-c2nc(C(F)F)c(F)cc2OC)cc1. The van der Waals surface area contributed by atoms with Gasteiger partial charge >= 0.3 is 0 Å². The van der Waals surface area contributed by atoms with E-state index in [1.54, 1.807) is 0 Å².